The smallest absolute Gasteiger partial charge is 0.352 e. The fourth-order valence-corrected chi connectivity index (χ4v) is 1.98. The first-order valence-electron chi connectivity index (χ1n) is 6.22. The second-order valence-electron chi connectivity index (χ2n) is 4.34. The minimum atomic E-state index is -0.907. The van der Waals surface area contributed by atoms with Crippen molar-refractivity contribution in [2.24, 2.45) is 0 Å². The van der Waals surface area contributed by atoms with Crippen LogP contribution in [-0.2, 0) is 6.42 Å². The van der Waals surface area contributed by atoms with Gasteiger partial charge >= 0.3 is 5.97 Å². The molecule has 2 aromatic rings. The number of aromatic nitrogens is 1. The van der Waals surface area contributed by atoms with E-state index in [2.05, 4.69) is 19.1 Å². The molecule has 0 unspecified atom stereocenters. The van der Waals surface area contributed by atoms with Gasteiger partial charge in [-0.3, -0.25) is 0 Å². The zero-order valence-electron chi connectivity index (χ0n) is 10.5. The summed E-state index contributed by atoms with van der Waals surface area (Å²) < 4.78 is 1.69. The van der Waals surface area contributed by atoms with Crippen molar-refractivity contribution in [3.05, 3.63) is 53.9 Å². The molecule has 0 aliphatic heterocycles. The number of benzene rings is 1. The molecule has 3 heteroatoms. The molecule has 0 aliphatic rings. The van der Waals surface area contributed by atoms with E-state index in [-0.39, 0.29) is 5.69 Å². The van der Waals surface area contributed by atoms with E-state index in [1.54, 1.807) is 22.9 Å². The summed E-state index contributed by atoms with van der Waals surface area (Å²) in [5.41, 5.74) is 2.47. The summed E-state index contributed by atoms with van der Waals surface area (Å²) in [5, 5.41) is 9.07. The Balaban J connectivity index is 2.23. The number of unbranched alkanes of at least 4 members (excludes halogenated alkanes) is 1. The highest BCUT2D eigenvalue weighted by atomic mass is 16.4. The molecule has 94 valence electrons. The van der Waals surface area contributed by atoms with E-state index in [0.29, 0.717) is 0 Å². The van der Waals surface area contributed by atoms with Crippen molar-refractivity contribution in [3.63, 3.8) is 0 Å². The van der Waals surface area contributed by atoms with E-state index in [1.165, 1.54) is 18.4 Å². The molecule has 0 fully saturated rings. The van der Waals surface area contributed by atoms with Gasteiger partial charge in [0.2, 0.25) is 0 Å². The topological polar surface area (TPSA) is 42.2 Å². The number of aryl methyl sites for hydroxylation is 1. The van der Waals surface area contributed by atoms with Crippen LogP contribution in [0.3, 0.4) is 0 Å². The molecule has 3 nitrogen and oxygen atoms in total. The van der Waals surface area contributed by atoms with Crippen LogP contribution in [-0.4, -0.2) is 15.6 Å². The van der Waals surface area contributed by atoms with Crippen molar-refractivity contribution in [1.29, 1.82) is 0 Å². The number of hydrogen-bond donors (Lipinski definition) is 1. The molecule has 1 aromatic carbocycles. The van der Waals surface area contributed by atoms with Crippen molar-refractivity contribution in [1.82, 2.24) is 4.57 Å². The van der Waals surface area contributed by atoms with E-state index in [0.717, 1.165) is 12.1 Å². The van der Waals surface area contributed by atoms with Crippen LogP contribution in [0.15, 0.2) is 42.6 Å². The van der Waals surface area contributed by atoms with Gasteiger partial charge in [-0.2, -0.15) is 0 Å². The van der Waals surface area contributed by atoms with Crippen molar-refractivity contribution in [2.75, 3.05) is 0 Å². The first-order valence-corrected chi connectivity index (χ1v) is 6.22. The number of rotatable bonds is 5. The standard InChI is InChI=1S/C15H17NO2/c1-2-3-5-12-7-9-13(10-8-12)16-11-4-6-14(16)15(17)18/h4,6-11H,2-3,5H2,1H3,(H,17,18). The Morgan fingerprint density at radius 1 is 1.22 bits per heavy atom. The normalized spacial score (nSPS) is 10.5. The molecule has 1 N–H and O–H groups in total. The molecule has 1 aromatic heterocycles. The highest BCUT2D eigenvalue weighted by Crippen LogP contribution is 2.15. The number of carboxylic acid groups (broad SMARTS) is 1. The van der Waals surface area contributed by atoms with E-state index in [9.17, 15) is 4.79 Å². The Bertz CT molecular complexity index is 526. The summed E-state index contributed by atoms with van der Waals surface area (Å²) in [6.45, 7) is 2.17. The fraction of sp³-hybridized carbons (Fsp3) is 0.267. The Kier molecular flexibility index (Phi) is 3.82. The van der Waals surface area contributed by atoms with Gasteiger partial charge in [-0.1, -0.05) is 25.5 Å². The van der Waals surface area contributed by atoms with Crippen LogP contribution in [0.1, 0.15) is 35.8 Å². The Hall–Kier alpha value is -2.03. The fourth-order valence-electron chi connectivity index (χ4n) is 1.98. The quantitative estimate of drug-likeness (QED) is 0.873. The van der Waals surface area contributed by atoms with E-state index < -0.39 is 5.97 Å². The summed E-state index contributed by atoms with van der Waals surface area (Å²) in [7, 11) is 0. The third kappa shape index (κ3) is 2.62. The molecule has 0 aliphatic carbocycles. The lowest BCUT2D eigenvalue weighted by molar-refractivity contribution is 0.0688. The van der Waals surface area contributed by atoms with Gasteiger partial charge in [-0.05, 0) is 42.7 Å². The van der Waals surface area contributed by atoms with E-state index in [1.807, 2.05) is 12.1 Å². The zero-order valence-corrected chi connectivity index (χ0v) is 10.5. The second-order valence-corrected chi connectivity index (χ2v) is 4.34. The minimum Gasteiger partial charge on any atom is -0.477 e. The summed E-state index contributed by atoms with van der Waals surface area (Å²) in [5.74, 6) is -0.907. The maximum Gasteiger partial charge on any atom is 0.352 e. The monoisotopic (exact) mass is 243 g/mol. The van der Waals surface area contributed by atoms with E-state index in [4.69, 9.17) is 5.11 Å². The lowest BCUT2D eigenvalue weighted by Crippen LogP contribution is -2.05. The van der Waals surface area contributed by atoms with Gasteiger partial charge in [-0.15, -0.1) is 0 Å². The molecule has 0 bridgehead atoms. The van der Waals surface area contributed by atoms with Crippen LogP contribution in [0.5, 0.6) is 0 Å². The van der Waals surface area contributed by atoms with Gasteiger partial charge in [0.15, 0.2) is 0 Å². The molecule has 2 rings (SSSR count). The lowest BCUT2D eigenvalue weighted by atomic mass is 10.1. The Labute approximate surface area is 107 Å². The number of carbonyl (C=O) groups is 1. The Morgan fingerprint density at radius 3 is 2.56 bits per heavy atom. The number of carboxylic acids is 1. The van der Waals surface area contributed by atoms with Gasteiger partial charge in [-0.25, -0.2) is 4.79 Å². The molecule has 0 saturated heterocycles. The van der Waals surface area contributed by atoms with Crippen LogP contribution in [0, 0.1) is 0 Å². The minimum absolute atomic E-state index is 0.288. The van der Waals surface area contributed by atoms with Gasteiger partial charge in [0.1, 0.15) is 5.69 Å². The Morgan fingerprint density at radius 2 is 1.94 bits per heavy atom. The first kappa shape index (κ1) is 12.4. The van der Waals surface area contributed by atoms with Crippen LogP contribution in [0.25, 0.3) is 5.69 Å². The predicted molar refractivity (Wildman–Crippen MR) is 71.3 cm³/mol. The van der Waals surface area contributed by atoms with Crippen molar-refractivity contribution in [2.45, 2.75) is 26.2 Å². The maximum absolute atomic E-state index is 11.0. The average molecular weight is 243 g/mol. The van der Waals surface area contributed by atoms with Gasteiger partial charge in [0.05, 0.1) is 0 Å². The molecule has 0 spiro atoms. The van der Waals surface area contributed by atoms with Gasteiger partial charge < -0.3 is 9.67 Å². The lowest BCUT2D eigenvalue weighted by Gasteiger charge is -2.07. The summed E-state index contributed by atoms with van der Waals surface area (Å²) in [6, 6.07) is 11.4. The summed E-state index contributed by atoms with van der Waals surface area (Å²) in [4.78, 5) is 11.0. The highest BCUT2D eigenvalue weighted by molar-refractivity contribution is 5.86. The summed E-state index contributed by atoms with van der Waals surface area (Å²) in [6.07, 6.45) is 5.21. The average Bonchev–Trinajstić information content (AvgIpc) is 2.86. The van der Waals surface area contributed by atoms with E-state index >= 15 is 0 Å². The van der Waals surface area contributed by atoms with Crippen LogP contribution in [0.2, 0.25) is 0 Å². The zero-order chi connectivity index (χ0) is 13.0. The maximum atomic E-state index is 11.0. The number of hydrogen-bond acceptors (Lipinski definition) is 1. The second kappa shape index (κ2) is 5.54. The molecule has 18 heavy (non-hydrogen) atoms. The molecular weight excluding hydrogens is 226 g/mol. The molecular formula is C15H17NO2. The summed E-state index contributed by atoms with van der Waals surface area (Å²) >= 11 is 0. The van der Waals surface area contributed by atoms with Crippen molar-refractivity contribution < 1.29 is 9.90 Å². The largest absolute Gasteiger partial charge is 0.477 e. The SMILES string of the molecule is CCCCc1ccc(-n2cccc2C(=O)O)cc1. The van der Waals surface area contributed by atoms with Crippen LogP contribution >= 0.6 is 0 Å². The number of aromatic carboxylic acids is 1. The van der Waals surface area contributed by atoms with Crippen LogP contribution < -0.4 is 0 Å². The molecule has 1 heterocycles. The third-order valence-corrected chi connectivity index (χ3v) is 3.00. The molecule has 0 radical (unpaired) electrons. The molecule has 0 saturated carbocycles. The van der Waals surface area contributed by atoms with Crippen molar-refractivity contribution in [3.8, 4) is 5.69 Å². The van der Waals surface area contributed by atoms with Crippen LogP contribution in [0.4, 0.5) is 0 Å². The molecule has 0 atom stereocenters. The van der Waals surface area contributed by atoms with Gasteiger partial charge in [0, 0.05) is 11.9 Å². The first-order chi connectivity index (χ1) is 8.72. The predicted octanol–water partition coefficient (Wildman–Crippen LogP) is 3.52. The number of nitrogens with zero attached hydrogens (tertiary/aromatic N) is 1. The third-order valence-electron chi connectivity index (χ3n) is 3.00. The van der Waals surface area contributed by atoms with Crippen molar-refractivity contribution >= 4 is 5.97 Å². The highest BCUT2D eigenvalue weighted by Gasteiger charge is 2.09. The van der Waals surface area contributed by atoms with Gasteiger partial charge in [0.25, 0.3) is 0 Å². The molecule has 0 amide bonds.